The van der Waals surface area contributed by atoms with Crippen molar-refractivity contribution in [3.63, 3.8) is 0 Å². The van der Waals surface area contributed by atoms with Gasteiger partial charge in [0.25, 0.3) is 0 Å². The minimum atomic E-state index is -0.408. The number of benzene rings is 2. The Bertz CT molecular complexity index is 816. The lowest BCUT2D eigenvalue weighted by Gasteiger charge is -2.44. The predicted octanol–water partition coefficient (Wildman–Crippen LogP) is 8.19. The van der Waals surface area contributed by atoms with Crippen molar-refractivity contribution in [2.45, 2.75) is 110 Å². The molecule has 0 aliphatic heterocycles. The minimum Gasteiger partial charge on any atom is -0.330 e. The van der Waals surface area contributed by atoms with Gasteiger partial charge in [-0.15, -0.1) is 0 Å². The van der Waals surface area contributed by atoms with Gasteiger partial charge in [0.15, 0.2) is 0 Å². The van der Waals surface area contributed by atoms with Crippen LogP contribution in [0.1, 0.15) is 100 Å². The molecule has 0 amide bonds. The van der Waals surface area contributed by atoms with Gasteiger partial charge in [-0.2, -0.15) is 0 Å². The maximum Gasteiger partial charge on any atom is 0.0225 e. The summed E-state index contributed by atoms with van der Waals surface area (Å²) in [6.45, 7) is 29.5. The molecule has 0 heterocycles. The monoisotopic (exact) mass is 485 g/mol. The Morgan fingerprint density at radius 2 is 0.818 bits per heavy atom. The van der Waals surface area contributed by atoms with Gasteiger partial charge in [0, 0.05) is 12.5 Å². The van der Waals surface area contributed by atoms with Crippen LogP contribution in [0.25, 0.3) is 0 Å². The van der Waals surface area contributed by atoms with E-state index in [2.05, 4.69) is 132 Å². The topological polar surface area (TPSA) is 26.0 Å². The molecule has 3 heteroatoms. The maximum absolute atomic E-state index is 6.63. The summed E-state index contributed by atoms with van der Waals surface area (Å²) in [6.07, 6.45) is 0. The van der Waals surface area contributed by atoms with Gasteiger partial charge in [-0.25, -0.2) is 0 Å². The van der Waals surface area contributed by atoms with Crippen LogP contribution in [0.2, 0.25) is 0 Å². The first-order chi connectivity index (χ1) is 14.9. The highest BCUT2D eigenvalue weighted by Gasteiger charge is 2.40. The fourth-order valence-corrected chi connectivity index (χ4v) is 14.2. The average molecular weight is 486 g/mol. The van der Waals surface area contributed by atoms with Gasteiger partial charge in [-0.3, -0.25) is 0 Å². The quantitative estimate of drug-likeness (QED) is 0.425. The molecule has 2 N–H and O–H groups in total. The second-order valence-electron chi connectivity index (χ2n) is 13.3. The lowest BCUT2D eigenvalue weighted by atomic mass is 9.91. The Labute approximate surface area is 207 Å². The van der Waals surface area contributed by atoms with Crippen molar-refractivity contribution in [2.75, 3.05) is 6.54 Å². The molecular weight excluding hydrogens is 436 g/mol. The van der Waals surface area contributed by atoms with E-state index in [9.17, 15) is 0 Å². The third-order valence-electron chi connectivity index (χ3n) is 6.03. The number of hydrogen-bond donors (Lipinski definition) is 1. The van der Waals surface area contributed by atoms with E-state index < -0.39 is 15.8 Å². The van der Waals surface area contributed by atoms with Gasteiger partial charge < -0.3 is 5.73 Å². The van der Waals surface area contributed by atoms with E-state index in [4.69, 9.17) is 5.73 Å². The van der Waals surface area contributed by atoms with Crippen LogP contribution >= 0.6 is 15.8 Å². The number of nitrogens with two attached hydrogens (primary N) is 1. The third kappa shape index (κ3) is 6.69. The largest absolute Gasteiger partial charge is 0.330 e. The zero-order valence-corrected chi connectivity index (χ0v) is 25.2. The Morgan fingerprint density at radius 1 is 0.545 bits per heavy atom. The molecule has 0 fully saturated rings. The highest BCUT2D eigenvalue weighted by Crippen LogP contribution is 2.61. The molecule has 0 atom stereocenters. The molecule has 0 aliphatic rings. The van der Waals surface area contributed by atoms with Crippen LogP contribution in [0.15, 0.2) is 48.5 Å². The normalized spacial score (nSPS) is 13.9. The van der Waals surface area contributed by atoms with Gasteiger partial charge in [0.05, 0.1) is 0 Å². The van der Waals surface area contributed by atoms with Crippen LogP contribution in [0, 0.1) is 0 Å². The van der Waals surface area contributed by atoms with E-state index >= 15 is 0 Å². The van der Waals surface area contributed by atoms with Gasteiger partial charge in [0.2, 0.25) is 0 Å². The van der Waals surface area contributed by atoms with E-state index in [0.29, 0.717) is 6.54 Å². The summed E-state index contributed by atoms with van der Waals surface area (Å²) in [5.41, 5.74) is 9.49. The molecule has 0 aromatic heterocycles. The smallest absolute Gasteiger partial charge is 0.0225 e. The summed E-state index contributed by atoms with van der Waals surface area (Å²) in [6, 6.07) is 18.3. The van der Waals surface area contributed by atoms with Crippen molar-refractivity contribution in [3.8, 4) is 0 Å². The molecule has 33 heavy (non-hydrogen) atoms. The van der Waals surface area contributed by atoms with Gasteiger partial charge in [-0.1, -0.05) is 147 Å². The molecular formula is C30H49NP2. The highest BCUT2D eigenvalue weighted by molar-refractivity contribution is 7.69. The number of rotatable bonds is 5. The average Bonchev–Trinajstić information content (AvgIpc) is 2.60. The van der Waals surface area contributed by atoms with Gasteiger partial charge in [0.1, 0.15) is 0 Å². The molecule has 0 saturated heterocycles. The molecule has 184 valence electrons. The van der Waals surface area contributed by atoms with Gasteiger partial charge >= 0.3 is 0 Å². The number of hydrogen-bond acceptors (Lipinski definition) is 1. The van der Waals surface area contributed by atoms with Gasteiger partial charge in [-0.05, 0) is 42.4 Å². The molecule has 0 spiro atoms. The lowest BCUT2D eigenvalue weighted by molar-refractivity contribution is 0.712. The van der Waals surface area contributed by atoms with Crippen molar-refractivity contribution in [1.82, 2.24) is 0 Å². The Balaban J connectivity index is 2.81. The molecule has 0 radical (unpaired) electrons. The van der Waals surface area contributed by atoms with E-state index in [1.54, 1.807) is 0 Å². The van der Waals surface area contributed by atoms with Crippen LogP contribution in [0.4, 0.5) is 0 Å². The summed E-state index contributed by atoms with van der Waals surface area (Å²) in [7, 11) is -0.815. The van der Waals surface area contributed by atoms with Crippen molar-refractivity contribution in [3.05, 3.63) is 59.7 Å². The third-order valence-corrected chi connectivity index (χ3v) is 13.2. The molecule has 0 aliphatic carbocycles. The summed E-state index contributed by atoms with van der Waals surface area (Å²) >= 11 is 0. The van der Waals surface area contributed by atoms with E-state index in [-0.39, 0.29) is 26.5 Å². The van der Waals surface area contributed by atoms with Crippen LogP contribution in [-0.2, 0) is 0 Å². The van der Waals surface area contributed by atoms with E-state index in [1.807, 2.05) is 0 Å². The molecule has 2 aromatic rings. The van der Waals surface area contributed by atoms with Crippen molar-refractivity contribution < 1.29 is 0 Å². The Hall–Kier alpha value is -0.740. The molecule has 2 rings (SSSR count). The van der Waals surface area contributed by atoms with E-state index in [1.165, 1.54) is 21.7 Å². The second-order valence-corrected chi connectivity index (χ2v) is 20.9. The van der Waals surface area contributed by atoms with Crippen LogP contribution in [0.3, 0.4) is 0 Å². The summed E-state index contributed by atoms with van der Waals surface area (Å²) in [4.78, 5) is 0. The first kappa shape index (κ1) is 28.5. The van der Waals surface area contributed by atoms with Crippen LogP contribution in [0.5, 0.6) is 0 Å². The van der Waals surface area contributed by atoms with E-state index in [0.717, 1.165) is 0 Å². The fraction of sp³-hybridized carbons (Fsp3) is 0.600. The highest BCUT2D eigenvalue weighted by atomic mass is 31.1. The Morgan fingerprint density at radius 3 is 1.06 bits per heavy atom. The molecule has 0 bridgehead atoms. The van der Waals surface area contributed by atoms with Crippen LogP contribution in [-0.4, -0.2) is 27.2 Å². The standard InChI is InChI=1S/C30H49NP2/c1-27(2,3)32(28(4,5)6)25-19-15-13-17-22(25)24(21-31)23-18-14-16-20-26(23)33(29(7,8)9)30(10,11)12/h13-20,24H,21,31H2,1-12H3. The summed E-state index contributed by atoms with van der Waals surface area (Å²) < 4.78 is 0. The minimum absolute atomic E-state index is 0.210. The molecule has 1 nitrogen and oxygen atoms in total. The van der Waals surface area contributed by atoms with Crippen molar-refractivity contribution >= 4 is 26.5 Å². The Kier molecular flexibility index (Phi) is 8.71. The molecule has 0 saturated carbocycles. The zero-order chi connectivity index (χ0) is 25.4. The van der Waals surface area contributed by atoms with Crippen molar-refractivity contribution in [1.29, 1.82) is 0 Å². The maximum atomic E-state index is 6.63. The summed E-state index contributed by atoms with van der Waals surface area (Å²) in [5, 5.41) is 3.90. The second kappa shape index (κ2) is 10.1. The molecule has 0 unspecified atom stereocenters. The molecule has 2 aromatic carbocycles. The lowest BCUT2D eigenvalue weighted by Crippen LogP contribution is -2.36. The van der Waals surface area contributed by atoms with Crippen LogP contribution < -0.4 is 16.3 Å². The van der Waals surface area contributed by atoms with Crippen molar-refractivity contribution in [2.24, 2.45) is 5.73 Å². The summed E-state index contributed by atoms with van der Waals surface area (Å²) in [5.74, 6) is 0.210. The zero-order valence-electron chi connectivity index (χ0n) is 23.4. The predicted molar refractivity (Wildman–Crippen MR) is 156 cm³/mol. The SMILES string of the molecule is CC(C)(C)P(c1ccccc1C(CN)c1ccccc1P(C(C)(C)C)C(C)(C)C)C(C)(C)C. The first-order valence-corrected chi connectivity index (χ1v) is 15.1. The first-order valence-electron chi connectivity index (χ1n) is 12.4. The fourth-order valence-electron chi connectivity index (χ4n) is 5.85.